The van der Waals surface area contributed by atoms with Crippen LogP contribution in [-0.4, -0.2) is 49.6 Å². The van der Waals surface area contributed by atoms with Crippen molar-refractivity contribution in [2.75, 3.05) is 36.1 Å². The van der Waals surface area contributed by atoms with Gasteiger partial charge in [-0.1, -0.05) is 11.6 Å². The van der Waals surface area contributed by atoms with Gasteiger partial charge >= 0.3 is 0 Å². The van der Waals surface area contributed by atoms with Gasteiger partial charge in [0, 0.05) is 25.8 Å². The third-order valence-electron chi connectivity index (χ3n) is 3.04. The number of anilines is 1. The van der Waals surface area contributed by atoms with Crippen LogP contribution in [0.25, 0.3) is 0 Å². The predicted octanol–water partition coefficient (Wildman–Crippen LogP) is 1.29. The van der Waals surface area contributed by atoms with Gasteiger partial charge in [-0.3, -0.25) is 0 Å². The number of ether oxygens (including phenoxy) is 1. The molecule has 8 heteroatoms. The van der Waals surface area contributed by atoms with Crippen LogP contribution < -0.4 is 4.90 Å². The highest BCUT2D eigenvalue weighted by Gasteiger charge is 2.20. The summed E-state index contributed by atoms with van der Waals surface area (Å²) in [5.74, 6) is 1.56. The second kappa shape index (κ2) is 6.69. The quantitative estimate of drug-likeness (QED) is 0.779. The van der Waals surface area contributed by atoms with Crippen LogP contribution in [0.1, 0.15) is 19.2 Å². The van der Waals surface area contributed by atoms with E-state index in [1.165, 1.54) is 0 Å². The summed E-state index contributed by atoms with van der Waals surface area (Å²) in [4.78, 5) is 10.4. The molecule has 2 rings (SSSR count). The smallest absolute Gasteiger partial charge is 0.158 e. The van der Waals surface area contributed by atoms with Gasteiger partial charge < -0.3 is 9.64 Å². The minimum Gasteiger partial charge on any atom is -0.374 e. The third kappa shape index (κ3) is 4.29. The molecule has 0 amide bonds. The molecule has 2 heterocycles. The second-order valence-corrected chi connectivity index (χ2v) is 7.29. The van der Waals surface area contributed by atoms with Crippen LogP contribution >= 0.6 is 11.6 Å². The predicted molar refractivity (Wildman–Crippen MR) is 77.9 cm³/mol. The van der Waals surface area contributed by atoms with E-state index in [0.29, 0.717) is 49.5 Å². The normalized spacial score (nSPS) is 18.8. The molecule has 0 unspecified atom stereocenters. The highest BCUT2D eigenvalue weighted by Crippen LogP contribution is 2.19. The summed E-state index contributed by atoms with van der Waals surface area (Å²) in [5, 5.41) is 0.344. The zero-order valence-corrected chi connectivity index (χ0v) is 13.0. The largest absolute Gasteiger partial charge is 0.374 e. The van der Waals surface area contributed by atoms with Crippen LogP contribution in [0.4, 0.5) is 5.82 Å². The lowest BCUT2D eigenvalue weighted by Gasteiger charge is -2.21. The van der Waals surface area contributed by atoms with Crippen molar-refractivity contribution in [1.82, 2.24) is 9.97 Å². The number of hydrogen-bond donors (Lipinski definition) is 0. The Bertz CT molecular complexity index is 565. The SMILES string of the molecule is CCOCc1nc(Cl)cc(N2CCCS(=O)(=O)CC2)n1. The van der Waals surface area contributed by atoms with Crippen LogP contribution in [0, 0.1) is 0 Å². The highest BCUT2D eigenvalue weighted by atomic mass is 35.5. The maximum Gasteiger partial charge on any atom is 0.158 e. The zero-order chi connectivity index (χ0) is 14.6. The fourth-order valence-electron chi connectivity index (χ4n) is 2.04. The molecule has 0 bridgehead atoms. The van der Waals surface area contributed by atoms with Gasteiger partial charge in [-0.05, 0) is 13.3 Å². The molecule has 0 spiro atoms. The number of nitrogens with zero attached hydrogens (tertiary/aromatic N) is 3. The van der Waals surface area contributed by atoms with Crippen LogP contribution in [0.3, 0.4) is 0 Å². The van der Waals surface area contributed by atoms with Crippen LogP contribution in [0.15, 0.2) is 6.07 Å². The lowest BCUT2D eigenvalue weighted by atomic mass is 10.4. The summed E-state index contributed by atoms with van der Waals surface area (Å²) in [6, 6.07) is 1.66. The fourth-order valence-corrected chi connectivity index (χ4v) is 3.51. The molecule has 1 aromatic rings. The van der Waals surface area contributed by atoms with Gasteiger partial charge in [0.2, 0.25) is 0 Å². The Kier molecular flexibility index (Phi) is 5.17. The van der Waals surface area contributed by atoms with Crippen molar-refractivity contribution >= 4 is 27.3 Å². The van der Waals surface area contributed by atoms with E-state index in [4.69, 9.17) is 16.3 Å². The molecule has 1 saturated heterocycles. The molecule has 0 radical (unpaired) electrons. The maximum absolute atomic E-state index is 11.6. The van der Waals surface area contributed by atoms with Crippen molar-refractivity contribution in [1.29, 1.82) is 0 Å². The van der Waals surface area contributed by atoms with Crippen molar-refractivity contribution in [3.8, 4) is 0 Å². The van der Waals surface area contributed by atoms with E-state index in [9.17, 15) is 8.42 Å². The number of halogens is 1. The van der Waals surface area contributed by atoms with E-state index in [-0.39, 0.29) is 11.5 Å². The number of aromatic nitrogens is 2. The van der Waals surface area contributed by atoms with Gasteiger partial charge in [0.15, 0.2) is 15.7 Å². The Morgan fingerprint density at radius 2 is 2.15 bits per heavy atom. The van der Waals surface area contributed by atoms with E-state index >= 15 is 0 Å². The molecular weight excluding hydrogens is 302 g/mol. The standard InChI is InChI=1S/C12H18ClN3O3S/c1-2-19-9-11-14-10(13)8-12(15-11)16-4-3-6-20(17,18)7-5-16/h8H,2-7,9H2,1H3. The van der Waals surface area contributed by atoms with Gasteiger partial charge in [0.1, 0.15) is 17.6 Å². The third-order valence-corrected chi connectivity index (χ3v) is 4.95. The average molecular weight is 320 g/mol. The first-order valence-electron chi connectivity index (χ1n) is 6.57. The Morgan fingerprint density at radius 3 is 2.90 bits per heavy atom. The fraction of sp³-hybridized carbons (Fsp3) is 0.667. The summed E-state index contributed by atoms with van der Waals surface area (Å²) in [6.45, 7) is 3.86. The van der Waals surface area contributed by atoms with Gasteiger partial charge in [0.25, 0.3) is 0 Å². The summed E-state index contributed by atoms with van der Waals surface area (Å²) < 4.78 is 28.5. The van der Waals surface area contributed by atoms with Crippen LogP contribution in [0.2, 0.25) is 5.15 Å². The van der Waals surface area contributed by atoms with E-state index < -0.39 is 9.84 Å². The Balaban J connectivity index is 2.17. The van der Waals surface area contributed by atoms with Crippen LogP contribution in [0.5, 0.6) is 0 Å². The number of sulfone groups is 1. The Hall–Kier alpha value is -0.920. The minimum absolute atomic E-state index is 0.148. The maximum atomic E-state index is 11.6. The molecule has 1 aromatic heterocycles. The molecule has 6 nitrogen and oxygen atoms in total. The van der Waals surface area contributed by atoms with Crippen molar-refractivity contribution in [3.63, 3.8) is 0 Å². The Morgan fingerprint density at radius 1 is 1.35 bits per heavy atom. The van der Waals surface area contributed by atoms with E-state index in [1.807, 2.05) is 11.8 Å². The molecule has 1 aliphatic rings. The average Bonchev–Trinajstić information content (AvgIpc) is 2.57. The lowest BCUT2D eigenvalue weighted by molar-refractivity contribution is 0.128. The summed E-state index contributed by atoms with van der Waals surface area (Å²) in [7, 11) is -2.94. The molecule has 0 N–H and O–H groups in total. The van der Waals surface area contributed by atoms with Gasteiger partial charge in [-0.15, -0.1) is 0 Å². The lowest BCUT2D eigenvalue weighted by Crippen LogP contribution is -2.28. The summed E-state index contributed by atoms with van der Waals surface area (Å²) in [6.07, 6.45) is 0.602. The van der Waals surface area contributed by atoms with Crippen LogP contribution in [-0.2, 0) is 21.2 Å². The number of hydrogen-bond acceptors (Lipinski definition) is 6. The summed E-state index contributed by atoms with van der Waals surface area (Å²) in [5.41, 5.74) is 0. The molecule has 0 atom stereocenters. The first-order chi connectivity index (χ1) is 9.50. The first-order valence-corrected chi connectivity index (χ1v) is 8.76. The first kappa shape index (κ1) is 15.5. The molecule has 20 heavy (non-hydrogen) atoms. The van der Waals surface area contributed by atoms with E-state index in [1.54, 1.807) is 6.07 Å². The Labute approximate surface area is 124 Å². The molecular formula is C12H18ClN3O3S. The second-order valence-electron chi connectivity index (χ2n) is 4.59. The molecule has 0 aliphatic carbocycles. The topological polar surface area (TPSA) is 72.4 Å². The molecule has 112 valence electrons. The minimum atomic E-state index is -2.94. The molecule has 1 fully saturated rings. The van der Waals surface area contributed by atoms with E-state index in [0.717, 1.165) is 0 Å². The summed E-state index contributed by atoms with van der Waals surface area (Å²) >= 11 is 5.99. The van der Waals surface area contributed by atoms with Crippen molar-refractivity contribution in [3.05, 3.63) is 17.0 Å². The highest BCUT2D eigenvalue weighted by molar-refractivity contribution is 7.91. The van der Waals surface area contributed by atoms with Crippen molar-refractivity contribution in [2.24, 2.45) is 0 Å². The van der Waals surface area contributed by atoms with Gasteiger partial charge in [-0.25, -0.2) is 18.4 Å². The van der Waals surface area contributed by atoms with E-state index in [2.05, 4.69) is 9.97 Å². The van der Waals surface area contributed by atoms with Crippen molar-refractivity contribution in [2.45, 2.75) is 20.0 Å². The molecule has 0 saturated carbocycles. The molecule has 0 aromatic carbocycles. The monoisotopic (exact) mass is 319 g/mol. The zero-order valence-electron chi connectivity index (χ0n) is 11.4. The van der Waals surface area contributed by atoms with Gasteiger partial charge in [-0.2, -0.15) is 0 Å². The van der Waals surface area contributed by atoms with Gasteiger partial charge in [0.05, 0.1) is 11.5 Å². The van der Waals surface area contributed by atoms with Crippen molar-refractivity contribution < 1.29 is 13.2 Å². The number of rotatable bonds is 4. The molecule has 1 aliphatic heterocycles.